The Kier molecular flexibility index (Phi) is 5.50. The van der Waals surface area contributed by atoms with E-state index in [1.165, 1.54) is 0 Å². The number of aromatic nitrogens is 1. The van der Waals surface area contributed by atoms with Crippen molar-refractivity contribution in [3.8, 4) is 0 Å². The molecule has 1 aromatic heterocycles. The van der Waals surface area contributed by atoms with Crippen molar-refractivity contribution in [2.75, 3.05) is 19.8 Å². The van der Waals surface area contributed by atoms with Gasteiger partial charge < -0.3 is 10.1 Å². The number of nitrogens with zero attached hydrogens (tertiary/aromatic N) is 1. The Hall–Kier alpha value is -1.42. The highest BCUT2D eigenvalue weighted by molar-refractivity contribution is 5.93. The summed E-state index contributed by atoms with van der Waals surface area (Å²) in [5.74, 6) is -0.104. The van der Waals surface area contributed by atoms with Gasteiger partial charge in [-0.1, -0.05) is 6.92 Å². The van der Waals surface area contributed by atoms with E-state index in [2.05, 4.69) is 17.2 Å². The summed E-state index contributed by atoms with van der Waals surface area (Å²) in [5.41, 5.74) is 1.49. The van der Waals surface area contributed by atoms with Crippen LogP contribution in [0.3, 0.4) is 0 Å². The fraction of sp³-hybridized carbons (Fsp3) is 0.500. The number of carbonyl (C=O) groups is 1. The summed E-state index contributed by atoms with van der Waals surface area (Å²) in [4.78, 5) is 15.6. The normalized spacial score (nSPS) is 10.1. The van der Waals surface area contributed by atoms with Crippen LogP contribution in [0.5, 0.6) is 0 Å². The second-order valence-corrected chi connectivity index (χ2v) is 3.56. The first-order valence-corrected chi connectivity index (χ1v) is 5.52. The van der Waals surface area contributed by atoms with E-state index in [-0.39, 0.29) is 5.91 Å². The maximum absolute atomic E-state index is 11.6. The molecular weight excluding hydrogens is 204 g/mol. The van der Waals surface area contributed by atoms with Gasteiger partial charge in [0.1, 0.15) is 0 Å². The maximum Gasteiger partial charge on any atom is 0.252 e. The standard InChI is InChI=1S/C12H18N2O2/c1-3-7-16-8-6-13-12(15)11-5-4-10(2)14-9-11/h4-5,9H,3,6-8H2,1-2H3,(H,13,15). The van der Waals surface area contributed by atoms with Crippen LogP contribution in [0.2, 0.25) is 0 Å². The van der Waals surface area contributed by atoms with Crippen LogP contribution in [0.1, 0.15) is 29.4 Å². The molecule has 0 spiro atoms. The Morgan fingerprint density at radius 2 is 2.25 bits per heavy atom. The molecule has 4 heteroatoms. The number of amides is 1. The average molecular weight is 222 g/mol. The maximum atomic E-state index is 11.6. The van der Waals surface area contributed by atoms with Crippen LogP contribution < -0.4 is 5.32 Å². The lowest BCUT2D eigenvalue weighted by Crippen LogP contribution is -2.27. The third-order valence-corrected chi connectivity index (χ3v) is 2.05. The third kappa shape index (κ3) is 4.40. The van der Waals surface area contributed by atoms with E-state index in [0.29, 0.717) is 18.7 Å². The summed E-state index contributed by atoms with van der Waals surface area (Å²) in [6.07, 6.45) is 2.58. The number of hydrogen-bond donors (Lipinski definition) is 1. The molecule has 0 fully saturated rings. The molecule has 0 aromatic carbocycles. The Morgan fingerprint density at radius 1 is 1.44 bits per heavy atom. The Morgan fingerprint density at radius 3 is 2.88 bits per heavy atom. The molecule has 0 radical (unpaired) electrons. The van der Waals surface area contributed by atoms with Crippen molar-refractivity contribution in [2.45, 2.75) is 20.3 Å². The van der Waals surface area contributed by atoms with Gasteiger partial charge in [0, 0.05) is 25.0 Å². The van der Waals surface area contributed by atoms with Gasteiger partial charge in [-0.2, -0.15) is 0 Å². The molecule has 0 saturated carbocycles. The number of pyridine rings is 1. The molecular formula is C12H18N2O2. The van der Waals surface area contributed by atoms with Crippen molar-refractivity contribution in [1.82, 2.24) is 10.3 Å². The lowest BCUT2D eigenvalue weighted by molar-refractivity contribution is 0.0915. The van der Waals surface area contributed by atoms with Crippen molar-refractivity contribution in [3.05, 3.63) is 29.6 Å². The van der Waals surface area contributed by atoms with Gasteiger partial charge >= 0.3 is 0 Å². The van der Waals surface area contributed by atoms with Crippen molar-refractivity contribution < 1.29 is 9.53 Å². The van der Waals surface area contributed by atoms with Crippen molar-refractivity contribution in [3.63, 3.8) is 0 Å². The summed E-state index contributed by atoms with van der Waals surface area (Å²) in [5, 5.41) is 2.77. The summed E-state index contributed by atoms with van der Waals surface area (Å²) in [6, 6.07) is 3.59. The fourth-order valence-corrected chi connectivity index (χ4v) is 1.19. The van der Waals surface area contributed by atoms with Crippen LogP contribution in [0.15, 0.2) is 18.3 Å². The van der Waals surface area contributed by atoms with Crippen LogP contribution in [-0.4, -0.2) is 30.6 Å². The number of hydrogen-bond acceptors (Lipinski definition) is 3. The summed E-state index contributed by atoms with van der Waals surface area (Å²) >= 11 is 0. The Labute approximate surface area is 96.0 Å². The van der Waals surface area contributed by atoms with Crippen LogP contribution in [0.25, 0.3) is 0 Å². The predicted molar refractivity (Wildman–Crippen MR) is 62.4 cm³/mol. The highest BCUT2D eigenvalue weighted by Gasteiger charge is 2.03. The van der Waals surface area contributed by atoms with Gasteiger partial charge in [0.15, 0.2) is 0 Å². The minimum absolute atomic E-state index is 0.104. The van der Waals surface area contributed by atoms with E-state index >= 15 is 0 Å². The van der Waals surface area contributed by atoms with Crippen molar-refractivity contribution in [2.24, 2.45) is 0 Å². The quantitative estimate of drug-likeness (QED) is 0.743. The van der Waals surface area contributed by atoms with E-state index in [1.807, 2.05) is 13.0 Å². The van der Waals surface area contributed by atoms with Gasteiger partial charge in [0.2, 0.25) is 0 Å². The number of rotatable bonds is 6. The van der Waals surface area contributed by atoms with Crippen LogP contribution in [0, 0.1) is 6.92 Å². The first-order valence-electron chi connectivity index (χ1n) is 5.52. The lowest BCUT2D eigenvalue weighted by atomic mass is 10.2. The number of aryl methyl sites for hydroxylation is 1. The van der Waals surface area contributed by atoms with Crippen molar-refractivity contribution in [1.29, 1.82) is 0 Å². The molecule has 88 valence electrons. The molecule has 1 aromatic rings. The molecule has 0 aliphatic rings. The van der Waals surface area contributed by atoms with Gasteiger partial charge in [0.25, 0.3) is 5.91 Å². The first-order chi connectivity index (χ1) is 7.74. The topological polar surface area (TPSA) is 51.2 Å². The fourth-order valence-electron chi connectivity index (χ4n) is 1.19. The zero-order valence-electron chi connectivity index (χ0n) is 9.82. The molecule has 1 N–H and O–H groups in total. The average Bonchev–Trinajstić information content (AvgIpc) is 2.29. The second kappa shape index (κ2) is 6.95. The highest BCUT2D eigenvalue weighted by Crippen LogP contribution is 1.98. The molecule has 1 rings (SSSR count). The largest absolute Gasteiger partial charge is 0.380 e. The van der Waals surface area contributed by atoms with Gasteiger partial charge in [0.05, 0.1) is 12.2 Å². The monoisotopic (exact) mass is 222 g/mol. The molecule has 0 unspecified atom stereocenters. The smallest absolute Gasteiger partial charge is 0.252 e. The molecule has 4 nitrogen and oxygen atoms in total. The van der Waals surface area contributed by atoms with E-state index in [0.717, 1.165) is 18.7 Å². The van der Waals surface area contributed by atoms with Gasteiger partial charge in [-0.3, -0.25) is 9.78 Å². The Bertz CT molecular complexity index is 322. The summed E-state index contributed by atoms with van der Waals surface area (Å²) in [7, 11) is 0. The van der Waals surface area contributed by atoms with Crippen LogP contribution in [-0.2, 0) is 4.74 Å². The van der Waals surface area contributed by atoms with Crippen LogP contribution >= 0.6 is 0 Å². The zero-order chi connectivity index (χ0) is 11.8. The molecule has 16 heavy (non-hydrogen) atoms. The Balaban J connectivity index is 2.27. The molecule has 0 bridgehead atoms. The number of carbonyl (C=O) groups excluding carboxylic acids is 1. The third-order valence-electron chi connectivity index (χ3n) is 2.05. The highest BCUT2D eigenvalue weighted by atomic mass is 16.5. The summed E-state index contributed by atoms with van der Waals surface area (Å²) in [6.45, 7) is 5.77. The van der Waals surface area contributed by atoms with E-state index in [1.54, 1.807) is 12.3 Å². The van der Waals surface area contributed by atoms with E-state index < -0.39 is 0 Å². The zero-order valence-corrected chi connectivity index (χ0v) is 9.82. The van der Waals surface area contributed by atoms with E-state index in [9.17, 15) is 4.79 Å². The van der Waals surface area contributed by atoms with Crippen molar-refractivity contribution >= 4 is 5.91 Å². The predicted octanol–water partition coefficient (Wildman–Crippen LogP) is 1.55. The second-order valence-electron chi connectivity index (χ2n) is 3.56. The van der Waals surface area contributed by atoms with Gasteiger partial charge in [-0.25, -0.2) is 0 Å². The number of nitrogens with one attached hydrogen (secondary N) is 1. The lowest BCUT2D eigenvalue weighted by Gasteiger charge is -2.05. The van der Waals surface area contributed by atoms with Crippen LogP contribution in [0.4, 0.5) is 0 Å². The molecule has 1 amide bonds. The van der Waals surface area contributed by atoms with Gasteiger partial charge in [-0.05, 0) is 25.5 Å². The first kappa shape index (κ1) is 12.6. The van der Waals surface area contributed by atoms with Gasteiger partial charge in [-0.15, -0.1) is 0 Å². The minimum Gasteiger partial charge on any atom is -0.380 e. The SMILES string of the molecule is CCCOCCNC(=O)c1ccc(C)nc1. The molecule has 0 saturated heterocycles. The summed E-state index contributed by atoms with van der Waals surface area (Å²) < 4.78 is 5.26. The molecule has 1 heterocycles. The molecule has 0 atom stereocenters. The van der Waals surface area contributed by atoms with E-state index in [4.69, 9.17) is 4.74 Å². The molecule has 0 aliphatic heterocycles. The molecule has 0 aliphatic carbocycles. The number of ether oxygens (including phenoxy) is 1. The minimum atomic E-state index is -0.104.